The van der Waals surface area contributed by atoms with Crippen LogP contribution < -0.4 is 10.1 Å². The van der Waals surface area contributed by atoms with Gasteiger partial charge in [0.25, 0.3) is 5.91 Å². The van der Waals surface area contributed by atoms with Crippen LogP contribution in [0.1, 0.15) is 21.9 Å². The fraction of sp³-hybridized carbons (Fsp3) is 0.0952. The first-order chi connectivity index (χ1) is 15.8. The van der Waals surface area contributed by atoms with Crippen LogP contribution in [0.25, 0.3) is 0 Å². The average Bonchev–Trinajstić information content (AvgIpc) is 3.44. The number of hydrogen-bond donors (Lipinski definition) is 1. The van der Waals surface area contributed by atoms with Crippen LogP contribution in [0.4, 0.5) is 27.9 Å². The quantitative estimate of drug-likeness (QED) is 0.323. The predicted molar refractivity (Wildman–Crippen MR) is 103 cm³/mol. The summed E-state index contributed by atoms with van der Waals surface area (Å²) in [5.41, 5.74) is 0.765. The lowest BCUT2D eigenvalue weighted by Crippen LogP contribution is -2.12. The van der Waals surface area contributed by atoms with Crippen LogP contribution in [0.3, 0.4) is 0 Å². The van der Waals surface area contributed by atoms with Crippen molar-refractivity contribution in [3.8, 4) is 5.75 Å². The number of nitrogens with one attached hydrogen (secondary N) is 1. The number of benzene rings is 2. The number of aromatic nitrogens is 3. The van der Waals surface area contributed by atoms with E-state index in [0.717, 1.165) is 5.56 Å². The Bertz CT molecular complexity index is 1280. The van der Waals surface area contributed by atoms with Crippen molar-refractivity contribution in [1.29, 1.82) is 0 Å². The molecule has 0 saturated carbocycles. The Balaban J connectivity index is 1.37. The summed E-state index contributed by atoms with van der Waals surface area (Å²) in [7, 11) is 0. The third-order valence-electron chi connectivity index (χ3n) is 4.34. The Hall–Kier alpha value is -4.22. The smallest absolute Gasteiger partial charge is 0.293 e. The lowest BCUT2D eigenvalue weighted by Gasteiger charge is -2.08. The van der Waals surface area contributed by atoms with Crippen LogP contribution in [0.2, 0.25) is 0 Å². The Labute approximate surface area is 182 Å². The molecule has 7 nitrogen and oxygen atoms in total. The van der Waals surface area contributed by atoms with Gasteiger partial charge in [0, 0.05) is 6.07 Å². The van der Waals surface area contributed by atoms with Gasteiger partial charge in [-0.3, -0.25) is 10.1 Å². The van der Waals surface area contributed by atoms with E-state index in [2.05, 4.69) is 15.4 Å². The van der Waals surface area contributed by atoms with Gasteiger partial charge in [0.2, 0.25) is 17.6 Å². The molecule has 2 heterocycles. The van der Waals surface area contributed by atoms with Gasteiger partial charge in [0.15, 0.2) is 23.1 Å². The first-order valence-corrected chi connectivity index (χ1v) is 9.30. The van der Waals surface area contributed by atoms with E-state index in [1.165, 1.54) is 35.3 Å². The zero-order valence-electron chi connectivity index (χ0n) is 16.5. The second-order valence-corrected chi connectivity index (χ2v) is 6.70. The summed E-state index contributed by atoms with van der Waals surface area (Å²) in [6.07, 6.45) is 1.36. The molecular formula is C21H13F5N4O3. The molecule has 2 aromatic heterocycles. The van der Waals surface area contributed by atoms with E-state index in [0.29, 0.717) is 6.54 Å². The fourth-order valence-corrected chi connectivity index (χ4v) is 2.77. The Morgan fingerprint density at radius 3 is 2.39 bits per heavy atom. The largest absolute Gasteiger partial charge is 0.479 e. The number of halogens is 5. The van der Waals surface area contributed by atoms with E-state index in [9.17, 15) is 26.7 Å². The van der Waals surface area contributed by atoms with Crippen LogP contribution in [-0.4, -0.2) is 20.7 Å². The summed E-state index contributed by atoms with van der Waals surface area (Å²) in [5.74, 6) is -9.23. The molecule has 1 amide bonds. The van der Waals surface area contributed by atoms with Crippen LogP contribution in [0, 0.1) is 29.1 Å². The van der Waals surface area contributed by atoms with Crippen LogP contribution >= 0.6 is 0 Å². The fourth-order valence-electron chi connectivity index (χ4n) is 2.77. The van der Waals surface area contributed by atoms with E-state index in [1.54, 1.807) is 12.1 Å². The van der Waals surface area contributed by atoms with Gasteiger partial charge in [-0.25, -0.2) is 22.8 Å². The molecule has 0 saturated heterocycles. The summed E-state index contributed by atoms with van der Waals surface area (Å²) in [4.78, 5) is 16.2. The molecule has 0 atom stereocenters. The minimum atomic E-state index is -1.69. The van der Waals surface area contributed by atoms with Crippen molar-refractivity contribution in [2.75, 3.05) is 5.32 Å². The van der Waals surface area contributed by atoms with E-state index in [4.69, 9.17) is 9.15 Å². The number of carbonyl (C=O) groups is 1. The highest BCUT2D eigenvalue weighted by Crippen LogP contribution is 2.27. The number of ether oxygens (including phenoxy) is 1. The number of amides is 1. The van der Waals surface area contributed by atoms with Gasteiger partial charge in [0.05, 0.1) is 6.54 Å². The third-order valence-corrected chi connectivity index (χ3v) is 4.34. The average molecular weight is 464 g/mol. The van der Waals surface area contributed by atoms with Gasteiger partial charge in [-0.15, -0.1) is 5.10 Å². The van der Waals surface area contributed by atoms with Crippen LogP contribution in [0.15, 0.2) is 53.2 Å². The highest BCUT2D eigenvalue weighted by molar-refractivity contribution is 6.01. The molecule has 0 aliphatic carbocycles. The van der Waals surface area contributed by atoms with Gasteiger partial charge < -0.3 is 9.15 Å². The number of furan rings is 1. The molecule has 12 heteroatoms. The SMILES string of the molecule is O=C(Nc1ncn(Cc2ccc(F)cc2)n1)c1ccc(COc2c(F)c(F)cc(F)c2F)o1. The van der Waals surface area contributed by atoms with E-state index < -0.39 is 41.5 Å². The molecule has 1 N–H and O–H groups in total. The van der Waals surface area contributed by atoms with Crippen LogP contribution in [-0.2, 0) is 13.2 Å². The number of nitrogens with zero attached hydrogens (tertiary/aromatic N) is 3. The van der Waals surface area contributed by atoms with Crippen molar-refractivity contribution in [2.45, 2.75) is 13.2 Å². The van der Waals surface area contributed by atoms with Gasteiger partial charge in [-0.2, -0.15) is 8.78 Å². The van der Waals surface area contributed by atoms with Crippen molar-refractivity contribution >= 4 is 11.9 Å². The Morgan fingerprint density at radius 1 is 1.00 bits per heavy atom. The maximum atomic E-state index is 13.6. The molecule has 0 aliphatic heterocycles. The maximum Gasteiger partial charge on any atom is 0.293 e. The van der Waals surface area contributed by atoms with Crippen molar-refractivity contribution in [3.63, 3.8) is 0 Å². The monoisotopic (exact) mass is 464 g/mol. The second kappa shape index (κ2) is 9.10. The minimum absolute atomic E-state index is 0.0318. The normalized spacial score (nSPS) is 10.9. The summed E-state index contributed by atoms with van der Waals surface area (Å²) in [6, 6.07) is 8.36. The van der Waals surface area contributed by atoms with Gasteiger partial charge in [0.1, 0.15) is 24.5 Å². The zero-order chi connectivity index (χ0) is 23.5. The molecule has 0 radical (unpaired) electrons. The molecule has 4 aromatic rings. The van der Waals surface area contributed by atoms with Gasteiger partial charge in [-0.05, 0) is 29.8 Å². The number of carbonyl (C=O) groups excluding carboxylic acids is 1. The van der Waals surface area contributed by atoms with E-state index in [1.807, 2.05) is 0 Å². The number of anilines is 1. The molecular weight excluding hydrogens is 451 g/mol. The molecule has 170 valence electrons. The molecule has 33 heavy (non-hydrogen) atoms. The Morgan fingerprint density at radius 2 is 1.70 bits per heavy atom. The lowest BCUT2D eigenvalue weighted by atomic mass is 10.2. The van der Waals surface area contributed by atoms with E-state index >= 15 is 0 Å². The summed E-state index contributed by atoms with van der Waals surface area (Å²) in [6.45, 7) is -0.312. The van der Waals surface area contributed by atoms with Gasteiger partial charge in [-0.1, -0.05) is 12.1 Å². The lowest BCUT2D eigenvalue weighted by molar-refractivity contribution is 0.0991. The molecule has 0 unspecified atom stereocenters. The van der Waals surface area contributed by atoms with Crippen LogP contribution in [0.5, 0.6) is 5.75 Å². The number of hydrogen-bond acceptors (Lipinski definition) is 5. The maximum absolute atomic E-state index is 13.6. The highest BCUT2D eigenvalue weighted by Gasteiger charge is 2.21. The van der Waals surface area contributed by atoms with Crippen molar-refractivity contribution in [3.05, 3.63) is 95.0 Å². The summed E-state index contributed by atoms with van der Waals surface area (Å²) < 4.78 is 78.2. The topological polar surface area (TPSA) is 82.2 Å². The predicted octanol–water partition coefficient (Wildman–Crippen LogP) is 4.45. The van der Waals surface area contributed by atoms with Gasteiger partial charge >= 0.3 is 0 Å². The minimum Gasteiger partial charge on any atom is -0.479 e. The molecule has 0 bridgehead atoms. The molecule has 0 fully saturated rings. The Kier molecular flexibility index (Phi) is 6.07. The molecule has 4 rings (SSSR count). The first-order valence-electron chi connectivity index (χ1n) is 9.30. The van der Waals surface area contributed by atoms with Crippen molar-refractivity contribution in [1.82, 2.24) is 14.8 Å². The standard InChI is InChI=1S/C21H13F5N4O3/c22-12-3-1-11(2-4-12)8-30-10-27-21(29-30)28-20(31)16-6-5-13(33-16)9-32-19-17(25)14(23)7-15(24)18(19)26/h1-7,10H,8-9H2,(H,28,29,31). The first kappa shape index (κ1) is 22.0. The molecule has 0 spiro atoms. The summed E-state index contributed by atoms with van der Waals surface area (Å²) >= 11 is 0. The van der Waals surface area contributed by atoms with E-state index in [-0.39, 0.29) is 29.4 Å². The molecule has 0 aliphatic rings. The highest BCUT2D eigenvalue weighted by atomic mass is 19.2. The second-order valence-electron chi connectivity index (χ2n) is 6.70. The number of rotatable bonds is 7. The van der Waals surface area contributed by atoms with Crippen molar-refractivity contribution < 1.29 is 35.9 Å². The third kappa shape index (κ3) is 5.00. The van der Waals surface area contributed by atoms with Crippen molar-refractivity contribution in [2.24, 2.45) is 0 Å². The molecule has 2 aromatic carbocycles. The zero-order valence-corrected chi connectivity index (χ0v) is 16.5. The summed E-state index contributed by atoms with van der Waals surface area (Å²) in [5, 5.41) is 6.47.